The van der Waals surface area contributed by atoms with Crippen molar-refractivity contribution in [1.82, 2.24) is 10.2 Å². The van der Waals surface area contributed by atoms with Gasteiger partial charge in [0, 0.05) is 0 Å². The summed E-state index contributed by atoms with van der Waals surface area (Å²) in [6.07, 6.45) is 4.69. The summed E-state index contributed by atoms with van der Waals surface area (Å²) < 4.78 is 0. The summed E-state index contributed by atoms with van der Waals surface area (Å²) in [6, 6.07) is 0.116. The number of Topliss-reactive ketones (excluding diaryl/α,β-unsaturated/α-hetero) is 1. The molecule has 0 amide bonds. The van der Waals surface area contributed by atoms with Crippen LogP contribution in [-0.4, -0.2) is 43.9 Å². The smallest absolute Gasteiger partial charge is 0.163 e. The van der Waals surface area contributed by atoms with Crippen molar-refractivity contribution in [3.63, 3.8) is 0 Å². The lowest BCUT2D eigenvalue weighted by Crippen LogP contribution is -2.40. The Hall–Kier alpha value is -0.410. The topological polar surface area (TPSA) is 32.3 Å². The van der Waals surface area contributed by atoms with Gasteiger partial charge in [0.1, 0.15) is 0 Å². The van der Waals surface area contributed by atoms with Crippen molar-refractivity contribution >= 4 is 5.78 Å². The summed E-state index contributed by atoms with van der Waals surface area (Å²) in [5, 5.41) is 3.31. The van der Waals surface area contributed by atoms with Crippen LogP contribution in [-0.2, 0) is 4.79 Å². The molecule has 1 saturated heterocycles. The Labute approximate surface area is 80.5 Å². The van der Waals surface area contributed by atoms with E-state index in [2.05, 4.69) is 5.32 Å². The zero-order valence-corrected chi connectivity index (χ0v) is 8.68. The van der Waals surface area contributed by atoms with E-state index >= 15 is 0 Å². The molecule has 1 atom stereocenters. The predicted molar refractivity (Wildman–Crippen MR) is 53.8 cm³/mol. The zero-order chi connectivity index (χ0) is 9.68. The van der Waals surface area contributed by atoms with Gasteiger partial charge in [-0.3, -0.25) is 4.79 Å². The van der Waals surface area contributed by atoms with Crippen LogP contribution in [0.15, 0.2) is 0 Å². The van der Waals surface area contributed by atoms with E-state index < -0.39 is 0 Å². The highest BCUT2D eigenvalue weighted by molar-refractivity contribution is 5.85. The van der Waals surface area contributed by atoms with Crippen LogP contribution in [0.3, 0.4) is 0 Å². The lowest BCUT2D eigenvalue weighted by Gasteiger charge is -2.16. The van der Waals surface area contributed by atoms with Crippen LogP contribution in [0.1, 0.15) is 25.7 Å². The van der Waals surface area contributed by atoms with Gasteiger partial charge in [0.05, 0.1) is 12.6 Å². The van der Waals surface area contributed by atoms with Crippen LogP contribution >= 0.6 is 0 Å². The number of carbonyl (C=O) groups is 1. The van der Waals surface area contributed by atoms with Crippen LogP contribution in [0.25, 0.3) is 0 Å². The molecule has 13 heavy (non-hydrogen) atoms. The molecule has 0 aliphatic carbocycles. The van der Waals surface area contributed by atoms with Crippen LogP contribution in [0, 0.1) is 0 Å². The van der Waals surface area contributed by atoms with Gasteiger partial charge in [0.25, 0.3) is 0 Å². The van der Waals surface area contributed by atoms with Gasteiger partial charge in [0.15, 0.2) is 5.78 Å². The fourth-order valence-corrected chi connectivity index (χ4v) is 1.73. The summed E-state index contributed by atoms with van der Waals surface area (Å²) in [4.78, 5) is 13.6. The van der Waals surface area contributed by atoms with Crippen molar-refractivity contribution in [3.05, 3.63) is 0 Å². The number of ketones is 1. The van der Waals surface area contributed by atoms with E-state index in [0.29, 0.717) is 12.3 Å². The minimum absolute atomic E-state index is 0.116. The maximum atomic E-state index is 11.7. The van der Waals surface area contributed by atoms with Gasteiger partial charge in [-0.2, -0.15) is 0 Å². The van der Waals surface area contributed by atoms with E-state index in [-0.39, 0.29) is 6.04 Å². The summed E-state index contributed by atoms with van der Waals surface area (Å²) in [7, 11) is 3.88. The average Bonchev–Trinajstić information content (AvgIpc) is 2.29. The average molecular weight is 184 g/mol. The number of carbonyl (C=O) groups excluding carboxylic acids is 1. The molecule has 1 fully saturated rings. The summed E-state index contributed by atoms with van der Waals surface area (Å²) in [6.45, 7) is 1.57. The van der Waals surface area contributed by atoms with Crippen LogP contribution in [0.4, 0.5) is 0 Å². The van der Waals surface area contributed by atoms with Crippen LogP contribution < -0.4 is 5.32 Å². The summed E-state index contributed by atoms with van der Waals surface area (Å²) >= 11 is 0. The highest BCUT2D eigenvalue weighted by Gasteiger charge is 2.19. The second kappa shape index (κ2) is 5.35. The summed E-state index contributed by atoms with van der Waals surface area (Å²) in [5.41, 5.74) is 0. The first-order chi connectivity index (χ1) is 6.20. The molecule has 1 rings (SSSR count). The highest BCUT2D eigenvalue weighted by atomic mass is 16.1. The normalized spacial score (nSPS) is 24.4. The molecule has 0 spiro atoms. The van der Waals surface area contributed by atoms with Crippen molar-refractivity contribution in [2.45, 2.75) is 31.7 Å². The molecule has 0 aromatic heterocycles. The number of hydrogen-bond donors (Lipinski definition) is 1. The SMILES string of the molecule is CN(C)CC(=O)C1CCCCCN1. The Balaban J connectivity index is 2.35. The van der Waals surface area contributed by atoms with Crippen molar-refractivity contribution in [2.24, 2.45) is 0 Å². The fraction of sp³-hybridized carbons (Fsp3) is 0.900. The molecule has 1 aliphatic rings. The van der Waals surface area contributed by atoms with Crippen molar-refractivity contribution < 1.29 is 4.79 Å². The second-order valence-electron chi connectivity index (χ2n) is 4.06. The second-order valence-corrected chi connectivity index (χ2v) is 4.06. The highest BCUT2D eigenvalue weighted by Crippen LogP contribution is 2.09. The Morgan fingerprint density at radius 2 is 2.15 bits per heavy atom. The maximum Gasteiger partial charge on any atom is 0.163 e. The van der Waals surface area contributed by atoms with Gasteiger partial charge in [-0.25, -0.2) is 0 Å². The number of nitrogens with one attached hydrogen (secondary N) is 1. The van der Waals surface area contributed by atoms with Crippen LogP contribution in [0.2, 0.25) is 0 Å². The van der Waals surface area contributed by atoms with Crippen molar-refractivity contribution in [3.8, 4) is 0 Å². The Kier molecular flexibility index (Phi) is 4.39. The predicted octanol–water partition coefficient (Wildman–Crippen LogP) is 0.649. The van der Waals surface area contributed by atoms with Gasteiger partial charge in [-0.15, -0.1) is 0 Å². The minimum Gasteiger partial charge on any atom is -0.307 e. The number of rotatable bonds is 3. The molecule has 1 N–H and O–H groups in total. The molecule has 3 nitrogen and oxygen atoms in total. The molecule has 1 heterocycles. The number of nitrogens with zero attached hydrogens (tertiary/aromatic N) is 1. The largest absolute Gasteiger partial charge is 0.307 e. The van der Waals surface area contributed by atoms with Crippen LogP contribution in [0.5, 0.6) is 0 Å². The van der Waals surface area contributed by atoms with E-state index in [1.807, 2.05) is 19.0 Å². The molecule has 0 saturated carbocycles. The first-order valence-electron chi connectivity index (χ1n) is 5.11. The zero-order valence-electron chi connectivity index (χ0n) is 8.68. The standard InChI is InChI=1S/C10H20N2O/c1-12(2)8-10(13)9-6-4-3-5-7-11-9/h9,11H,3-8H2,1-2H3. The Morgan fingerprint density at radius 3 is 2.85 bits per heavy atom. The third-order valence-electron chi connectivity index (χ3n) is 2.42. The number of likely N-dealkylation sites (N-methyl/N-ethyl adjacent to an activating group) is 1. The van der Waals surface area contributed by atoms with Crippen molar-refractivity contribution in [2.75, 3.05) is 27.2 Å². The van der Waals surface area contributed by atoms with Gasteiger partial charge in [-0.05, 0) is 33.5 Å². The summed E-state index contributed by atoms with van der Waals surface area (Å²) in [5.74, 6) is 0.340. The van der Waals surface area contributed by atoms with Gasteiger partial charge in [-0.1, -0.05) is 12.8 Å². The molecule has 0 radical (unpaired) electrons. The maximum absolute atomic E-state index is 11.7. The number of hydrogen-bond acceptors (Lipinski definition) is 3. The van der Waals surface area contributed by atoms with Gasteiger partial charge < -0.3 is 10.2 Å². The van der Waals surface area contributed by atoms with Crippen molar-refractivity contribution in [1.29, 1.82) is 0 Å². The Morgan fingerprint density at radius 1 is 1.38 bits per heavy atom. The lowest BCUT2D eigenvalue weighted by molar-refractivity contribution is -0.121. The van der Waals surface area contributed by atoms with E-state index in [1.165, 1.54) is 19.3 Å². The lowest BCUT2D eigenvalue weighted by atomic mass is 10.1. The molecule has 0 aromatic carbocycles. The molecule has 3 heteroatoms. The first kappa shape index (κ1) is 10.7. The molecular weight excluding hydrogens is 164 g/mol. The monoisotopic (exact) mass is 184 g/mol. The Bertz CT molecular complexity index is 160. The third kappa shape index (κ3) is 3.87. The molecule has 1 aliphatic heterocycles. The molecule has 76 valence electrons. The van der Waals surface area contributed by atoms with E-state index in [4.69, 9.17) is 0 Å². The molecular formula is C10H20N2O. The third-order valence-corrected chi connectivity index (χ3v) is 2.42. The van der Waals surface area contributed by atoms with E-state index in [1.54, 1.807) is 0 Å². The molecule has 1 unspecified atom stereocenters. The minimum atomic E-state index is 0.116. The van der Waals surface area contributed by atoms with E-state index in [0.717, 1.165) is 13.0 Å². The quantitative estimate of drug-likeness (QED) is 0.699. The van der Waals surface area contributed by atoms with E-state index in [9.17, 15) is 4.79 Å². The molecule has 0 aromatic rings. The van der Waals surface area contributed by atoms with Gasteiger partial charge >= 0.3 is 0 Å². The van der Waals surface area contributed by atoms with Gasteiger partial charge in [0.2, 0.25) is 0 Å². The fourth-order valence-electron chi connectivity index (χ4n) is 1.73. The molecule has 0 bridgehead atoms. The first-order valence-corrected chi connectivity index (χ1v) is 5.11.